The molecule has 2 unspecified atom stereocenters. The van der Waals surface area contributed by atoms with E-state index >= 15 is 0 Å². The molecule has 3 aliphatic heterocycles. The second-order valence-electron chi connectivity index (χ2n) is 11.0. The van der Waals surface area contributed by atoms with Crippen LogP contribution in [0.4, 0.5) is 8.78 Å². The van der Waals surface area contributed by atoms with Crippen LogP contribution in [-0.2, 0) is 11.2 Å². The van der Waals surface area contributed by atoms with E-state index < -0.39 is 29.7 Å². The van der Waals surface area contributed by atoms with E-state index in [0.717, 1.165) is 43.4 Å². The first-order chi connectivity index (χ1) is 18.1. The molecular formula is C26H35F2N5O3S2. The van der Waals surface area contributed by atoms with E-state index in [0.29, 0.717) is 30.9 Å². The lowest BCUT2D eigenvalue weighted by Crippen LogP contribution is -2.56. The molecule has 2 saturated heterocycles. The molecule has 2 amide bonds. The van der Waals surface area contributed by atoms with Crippen molar-refractivity contribution in [2.45, 2.75) is 89.0 Å². The Balaban J connectivity index is 1.44. The fraction of sp³-hybridized carbons (Fsp3) is 0.654. The molecule has 1 aromatic heterocycles. The summed E-state index contributed by atoms with van der Waals surface area (Å²) in [6.45, 7) is 4.61. The van der Waals surface area contributed by atoms with E-state index in [4.69, 9.17) is 0 Å². The SMILES string of the molecule is CC1CCCN1C(=O)c1nc(C(=O)NC2CC[S+]([O-])CC2)sc1C1=CNC(NC2(C)CCC2)C=C1C(F)F. The summed E-state index contributed by atoms with van der Waals surface area (Å²) in [6, 6.07) is -0.116. The van der Waals surface area contributed by atoms with Gasteiger partial charge in [0.1, 0.15) is 17.2 Å². The lowest BCUT2D eigenvalue weighted by atomic mass is 9.78. The van der Waals surface area contributed by atoms with Gasteiger partial charge in [-0.1, -0.05) is 11.2 Å². The summed E-state index contributed by atoms with van der Waals surface area (Å²) >= 11 is 0.108. The van der Waals surface area contributed by atoms with Gasteiger partial charge in [0.2, 0.25) is 0 Å². The molecule has 0 bridgehead atoms. The third-order valence-corrected chi connectivity index (χ3v) is 10.5. The number of carbonyl (C=O) groups excluding carboxylic acids is 2. The summed E-state index contributed by atoms with van der Waals surface area (Å²) in [7, 11) is 0. The van der Waals surface area contributed by atoms with Gasteiger partial charge in [-0.15, -0.1) is 11.3 Å². The molecule has 2 atom stereocenters. The van der Waals surface area contributed by atoms with Crippen LogP contribution in [0.2, 0.25) is 0 Å². The molecule has 12 heteroatoms. The number of halogens is 2. The highest BCUT2D eigenvalue weighted by Crippen LogP contribution is 2.38. The largest absolute Gasteiger partial charge is 0.616 e. The molecular weight excluding hydrogens is 532 g/mol. The van der Waals surface area contributed by atoms with Crippen LogP contribution in [0.15, 0.2) is 17.8 Å². The number of amides is 2. The number of hydrogen-bond donors (Lipinski definition) is 3. The van der Waals surface area contributed by atoms with Gasteiger partial charge in [0.05, 0.1) is 11.0 Å². The van der Waals surface area contributed by atoms with E-state index in [1.807, 2.05) is 6.92 Å². The highest BCUT2D eigenvalue weighted by Gasteiger charge is 2.37. The molecule has 3 N–H and O–H groups in total. The average Bonchev–Trinajstić information content (AvgIpc) is 3.51. The molecule has 8 nitrogen and oxygen atoms in total. The first-order valence-electron chi connectivity index (χ1n) is 13.4. The molecule has 5 rings (SSSR count). The maximum atomic E-state index is 14.4. The number of carbonyl (C=O) groups is 2. The Morgan fingerprint density at radius 3 is 2.61 bits per heavy atom. The van der Waals surface area contributed by atoms with E-state index in [-0.39, 0.29) is 50.3 Å². The van der Waals surface area contributed by atoms with Gasteiger partial charge in [-0.25, -0.2) is 13.8 Å². The quantitative estimate of drug-likeness (QED) is 0.436. The predicted molar refractivity (Wildman–Crippen MR) is 145 cm³/mol. The van der Waals surface area contributed by atoms with Crippen molar-refractivity contribution >= 4 is 39.9 Å². The zero-order valence-electron chi connectivity index (χ0n) is 21.7. The first-order valence-corrected chi connectivity index (χ1v) is 15.7. The predicted octanol–water partition coefficient (Wildman–Crippen LogP) is 3.40. The maximum absolute atomic E-state index is 14.4. The molecule has 4 heterocycles. The van der Waals surface area contributed by atoms with Crippen molar-refractivity contribution < 1.29 is 22.9 Å². The number of thiazole rings is 1. The first kappa shape index (κ1) is 27.5. The number of likely N-dealkylation sites (tertiary alicyclic amines) is 1. The van der Waals surface area contributed by atoms with Crippen molar-refractivity contribution in [3.8, 4) is 0 Å². The van der Waals surface area contributed by atoms with Crippen molar-refractivity contribution in [3.05, 3.63) is 33.4 Å². The van der Waals surface area contributed by atoms with Crippen LogP contribution in [0.25, 0.3) is 5.57 Å². The minimum absolute atomic E-state index is 0.0119. The topological polar surface area (TPSA) is 109 Å². The molecule has 1 saturated carbocycles. The fourth-order valence-corrected chi connectivity index (χ4v) is 7.87. The van der Waals surface area contributed by atoms with E-state index in [9.17, 15) is 22.9 Å². The third-order valence-electron chi connectivity index (χ3n) is 8.07. The summed E-state index contributed by atoms with van der Waals surface area (Å²) in [5.41, 5.74) is -0.0494. The van der Waals surface area contributed by atoms with Crippen LogP contribution >= 0.6 is 11.3 Å². The van der Waals surface area contributed by atoms with Crippen molar-refractivity contribution in [1.82, 2.24) is 25.8 Å². The molecule has 38 heavy (non-hydrogen) atoms. The Morgan fingerprint density at radius 1 is 1.26 bits per heavy atom. The Bertz CT molecular complexity index is 1130. The van der Waals surface area contributed by atoms with Gasteiger partial charge in [-0.3, -0.25) is 14.9 Å². The van der Waals surface area contributed by atoms with E-state index in [1.165, 1.54) is 12.3 Å². The Hall–Kier alpha value is -2.02. The standard InChI is InChI=1S/C26H35F2N5O3S2/c1-15-5-3-10-33(15)25(35)20-21(37-24(31-20)23(34)30-16-6-11-38(36)12-7-16)18-14-29-19(13-17(18)22(27)28)32-26(2)8-4-9-26/h13-16,19,22,29,32H,3-12H2,1-2H3,(H,30,34). The fourth-order valence-electron chi connectivity index (χ4n) is 5.57. The second-order valence-corrected chi connectivity index (χ2v) is 13.7. The highest BCUT2D eigenvalue weighted by atomic mass is 32.2. The molecule has 0 radical (unpaired) electrons. The van der Waals surface area contributed by atoms with Crippen molar-refractivity contribution in [1.29, 1.82) is 0 Å². The normalized spacial score (nSPS) is 28.8. The van der Waals surface area contributed by atoms with Crippen LogP contribution in [0, 0.1) is 0 Å². The zero-order valence-corrected chi connectivity index (χ0v) is 23.4. The van der Waals surface area contributed by atoms with Crippen LogP contribution < -0.4 is 16.0 Å². The molecule has 3 fully saturated rings. The van der Waals surface area contributed by atoms with Crippen LogP contribution in [0.5, 0.6) is 0 Å². The number of rotatable bonds is 7. The minimum atomic E-state index is -2.77. The molecule has 208 valence electrons. The lowest BCUT2D eigenvalue weighted by Gasteiger charge is -2.42. The summed E-state index contributed by atoms with van der Waals surface area (Å²) in [6.07, 6.45) is 5.79. The van der Waals surface area contributed by atoms with E-state index in [1.54, 1.807) is 4.90 Å². The zero-order chi connectivity index (χ0) is 27.0. The number of hydrogen-bond acceptors (Lipinski definition) is 7. The van der Waals surface area contributed by atoms with Crippen LogP contribution in [0.3, 0.4) is 0 Å². The number of nitrogens with one attached hydrogen (secondary N) is 3. The molecule has 1 aromatic rings. The van der Waals surface area contributed by atoms with Gasteiger partial charge in [-0.2, -0.15) is 0 Å². The van der Waals surface area contributed by atoms with Gasteiger partial charge < -0.3 is 20.1 Å². The minimum Gasteiger partial charge on any atom is -0.616 e. The molecule has 0 aromatic carbocycles. The van der Waals surface area contributed by atoms with Crippen molar-refractivity contribution in [2.24, 2.45) is 0 Å². The Kier molecular flexibility index (Phi) is 8.14. The van der Waals surface area contributed by atoms with Crippen molar-refractivity contribution in [3.63, 3.8) is 0 Å². The van der Waals surface area contributed by atoms with Gasteiger partial charge in [-0.05, 0) is 52.0 Å². The number of alkyl halides is 2. The summed E-state index contributed by atoms with van der Waals surface area (Å²) in [5, 5.41) is 9.59. The smallest absolute Gasteiger partial charge is 0.280 e. The lowest BCUT2D eigenvalue weighted by molar-refractivity contribution is 0.0742. The van der Waals surface area contributed by atoms with Gasteiger partial charge >= 0.3 is 0 Å². The summed E-state index contributed by atoms with van der Waals surface area (Å²) in [4.78, 5) is 33.2. The number of dihydropyridines is 1. The Morgan fingerprint density at radius 2 is 2.00 bits per heavy atom. The second kappa shape index (κ2) is 11.2. The maximum Gasteiger partial charge on any atom is 0.280 e. The van der Waals surface area contributed by atoms with E-state index in [2.05, 4.69) is 27.9 Å². The summed E-state index contributed by atoms with van der Waals surface area (Å²) < 4.78 is 40.4. The van der Waals surface area contributed by atoms with Gasteiger partial charge in [0.15, 0.2) is 5.01 Å². The molecule has 1 aliphatic carbocycles. The van der Waals surface area contributed by atoms with Gasteiger partial charge in [0, 0.05) is 54.4 Å². The number of nitrogens with zero attached hydrogens (tertiary/aromatic N) is 2. The number of aromatic nitrogens is 1. The molecule has 0 spiro atoms. The van der Waals surface area contributed by atoms with Crippen molar-refractivity contribution in [2.75, 3.05) is 18.1 Å². The van der Waals surface area contributed by atoms with Crippen LogP contribution in [0.1, 0.15) is 84.0 Å². The van der Waals surface area contributed by atoms with Gasteiger partial charge in [0.25, 0.3) is 18.2 Å². The Labute approximate surface area is 228 Å². The average molecular weight is 568 g/mol. The van der Waals surface area contributed by atoms with Crippen LogP contribution in [-0.4, -0.2) is 74.5 Å². The third kappa shape index (κ3) is 5.78. The summed E-state index contributed by atoms with van der Waals surface area (Å²) in [5.74, 6) is 0.275. The highest BCUT2D eigenvalue weighted by molar-refractivity contribution is 7.91. The molecule has 4 aliphatic rings. The number of allylic oxidation sites excluding steroid dienone is 2. The monoisotopic (exact) mass is 567 g/mol.